The summed E-state index contributed by atoms with van der Waals surface area (Å²) in [5.74, 6) is 1.73. The first kappa shape index (κ1) is 9.71. The Balaban J connectivity index is 2.03. The second kappa shape index (κ2) is 2.79. The summed E-state index contributed by atoms with van der Waals surface area (Å²) in [6.45, 7) is 9.93. The van der Waals surface area contributed by atoms with Gasteiger partial charge in [-0.15, -0.1) is 11.3 Å². The second-order valence-electron chi connectivity index (χ2n) is 5.38. The molecule has 2 aliphatic rings. The fourth-order valence-electron chi connectivity index (χ4n) is 3.34. The number of fused-ring (bicyclic) bond motifs is 3. The van der Waals surface area contributed by atoms with E-state index in [-0.39, 0.29) is 0 Å². The Morgan fingerprint density at radius 2 is 2.20 bits per heavy atom. The van der Waals surface area contributed by atoms with Crippen molar-refractivity contribution in [3.8, 4) is 5.06 Å². The number of aryl methyl sites for hydroxylation is 1. The van der Waals surface area contributed by atoms with E-state index < -0.39 is 0 Å². The topological polar surface area (TPSA) is 9.23 Å². The van der Waals surface area contributed by atoms with Gasteiger partial charge in [0.2, 0.25) is 0 Å². The maximum atomic E-state index is 5.73. The monoisotopic (exact) mass is 222 g/mol. The van der Waals surface area contributed by atoms with E-state index in [1.807, 2.05) is 11.3 Å². The summed E-state index contributed by atoms with van der Waals surface area (Å²) in [7, 11) is 0. The molecule has 2 unspecified atom stereocenters. The van der Waals surface area contributed by atoms with Crippen LogP contribution in [0.2, 0.25) is 0 Å². The van der Waals surface area contributed by atoms with Crippen molar-refractivity contribution in [2.75, 3.05) is 6.61 Å². The number of hydrogen-bond donors (Lipinski definition) is 0. The highest BCUT2D eigenvalue weighted by Gasteiger charge is 2.63. The van der Waals surface area contributed by atoms with Crippen LogP contribution < -0.4 is 4.74 Å². The van der Waals surface area contributed by atoms with Crippen LogP contribution in [-0.4, -0.2) is 6.61 Å². The fourth-order valence-corrected chi connectivity index (χ4v) is 4.48. The van der Waals surface area contributed by atoms with E-state index in [0.29, 0.717) is 5.41 Å². The third-order valence-electron chi connectivity index (χ3n) is 4.26. The smallest absolute Gasteiger partial charge is 0.177 e. The molecule has 0 spiro atoms. The molecule has 0 aromatic carbocycles. The zero-order valence-electron chi connectivity index (χ0n) is 9.89. The number of rotatable bonds is 2. The van der Waals surface area contributed by atoms with Crippen molar-refractivity contribution in [2.24, 2.45) is 11.3 Å². The molecule has 2 heteroatoms. The Morgan fingerprint density at radius 3 is 2.87 bits per heavy atom. The van der Waals surface area contributed by atoms with Gasteiger partial charge in [-0.1, -0.05) is 13.8 Å². The molecular weight excluding hydrogens is 204 g/mol. The van der Waals surface area contributed by atoms with E-state index in [9.17, 15) is 0 Å². The minimum atomic E-state index is 0.558. The Morgan fingerprint density at radius 1 is 1.47 bits per heavy atom. The molecule has 0 bridgehead atoms. The lowest BCUT2D eigenvalue weighted by atomic mass is 9.96. The van der Waals surface area contributed by atoms with Gasteiger partial charge in [0.15, 0.2) is 5.06 Å². The molecule has 0 amide bonds. The number of thiophene rings is 1. The Labute approximate surface area is 95.5 Å². The van der Waals surface area contributed by atoms with E-state index in [1.54, 1.807) is 5.56 Å². The first-order chi connectivity index (χ1) is 7.07. The van der Waals surface area contributed by atoms with Crippen LogP contribution in [-0.2, 0) is 6.42 Å². The van der Waals surface area contributed by atoms with Crippen LogP contribution in [0.15, 0.2) is 0 Å². The quantitative estimate of drug-likeness (QED) is 0.740. The number of ether oxygens (including phenoxy) is 1. The van der Waals surface area contributed by atoms with Gasteiger partial charge in [-0.25, -0.2) is 0 Å². The maximum Gasteiger partial charge on any atom is 0.177 e. The summed E-state index contributed by atoms with van der Waals surface area (Å²) in [6.07, 6.45) is 1.26. The normalized spacial score (nSPS) is 29.9. The second-order valence-corrected chi connectivity index (χ2v) is 6.57. The van der Waals surface area contributed by atoms with Crippen molar-refractivity contribution in [1.82, 2.24) is 0 Å². The molecule has 1 saturated carbocycles. The lowest BCUT2D eigenvalue weighted by Gasteiger charge is -2.09. The van der Waals surface area contributed by atoms with Crippen molar-refractivity contribution in [3.05, 3.63) is 16.0 Å². The third-order valence-corrected chi connectivity index (χ3v) is 5.33. The SMILES string of the molecule is CCOc1sc(C)c2c1CC1C2C1(C)C. The van der Waals surface area contributed by atoms with Gasteiger partial charge in [0.05, 0.1) is 6.61 Å². The van der Waals surface area contributed by atoms with Gasteiger partial charge in [0, 0.05) is 10.4 Å². The summed E-state index contributed by atoms with van der Waals surface area (Å²) in [6, 6.07) is 0. The van der Waals surface area contributed by atoms with E-state index in [1.165, 1.54) is 21.9 Å². The van der Waals surface area contributed by atoms with Gasteiger partial charge in [0.1, 0.15) is 0 Å². The molecule has 15 heavy (non-hydrogen) atoms. The summed E-state index contributed by atoms with van der Waals surface area (Å²) in [5.41, 5.74) is 3.73. The fraction of sp³-hybridized carbons (Fsp3) is 0.692. The predicted octanol–water partition coefficient (Wildman–Crippen LogP) is 3.75. The summed E-state index contributed by atoms with van der Waals surface area (Å²) in [5, 5.41) is 1.20. The Hall–Kier alpha value is -0.500. The molecule has 1 fully saturated rings. The van der Waals surface area contributed by atoms with Crippen LogP contribution in [0.5, 0.6) is 5.06 Å². The predicted molar refractivity (Wildman–Crippen MR) is 63.9 cm³/mol. The van der Waals surface area contributed by atoms with E-state index in [2.05, 4.69) is 27.7 Å². The van der Waals surface area contributed by atoms with Gasteiger partial charge in [0.25, 0.3) is 0 Å². The maximum absolute atomic E-state index is 5.73. The van der Waals surface area contributed by atoms with Crippen LogP contribution in [0, 0.1) is 18.3 Å². The van der Waals surface area contributed by atoms with Crippen molar-refractivity contribution in [3.63, 3.8) is 0 Å². The molecule has 0 aliphatic heterocycles. The molecular formula is C13H18OS. The Kier molecular flexibility index (Phi) is 1.80. The third kappa shape index (κ3) is 1.09. The highest BCUT2D eigenvalue weighted by Crippen LogP contribution is 2.72. The van der Waals surface area contributed by atoms with Gasteiger partial charge in [-0.3, -0.25) is 0 Å². The van der Waals surface area contributed by atoms with Crippen molar-refractivity contribution < 1.29 is 4.74 Å². The first-order valence-electron chi connectivity index (χ1n) is 5.82. The Bertz CT molecular complexity index is 416. The largest absolute Gasteiger partial charge is 0.484 e. The molecule has 1 nitrogen and oxygen atoms in total. The number of hydrogen-bond acceptors (Lipinski definition) is 2. The van der Waals surface area contributed by atoms with Crippen LogP contribution in [0.25, 0.3) is 0 Å². The zero-order chi connectivity index (χ0) is 10.8. The van der Waals surface area contributed by atoms with Crippen LogP contribution in [0.1, 0.15) is 42.7 Å². The van der Waals surface area contributed by atoms with Gasteiger partial charge >= 0.3 is 0 Å². The molecule has 0 N–H and O–H groups in total. The van der Waals surface area contributed by atoms with Crippen LogP contribution in [0.3, 0.4) is 0 Å². The van der Waals surface area contributed by atoms with Crippen molar-refractivity contribution in [2.45, 2.75) is 40.0 Å². The van der Waals surface area contributed by atoms with Gasteiger partial charge in [-0.2, -0.15) is 0 Å². The van der Waals surface area contributed by atoms with E-state index >= 15 is 0 Å². The zero-order valence-corrected chi connectivity index (χ0v) is 10.7. The van der Waals surface area contributed by atoms with E-state index in [0.717, 1.165) is 18.4 Å². The molecule has 2 aliphatic carbocycles. The highest BCUT2D eigenvalue weighted by atomic mass is 32.1. The van der Waals surface area contributed by atoms with E-state index in [4.69, 9.17) is 4.74 Å². The molecule has 0 radical (unpaired) electrons. The van der Waals surface area contributed by atoms with Crippen molar-refractivity contribution >= 4 is 11.3 Å². The first-order valence-corrected chi connectivity index (χ1v) is 6.64. The average molecular weight is 222 g/mol. The molecule has 2 atom stereocenters. The van der Waals surface area contributed by atoms with Gasteiger partial charge < -0.3 is 4.74 Å². The van der Waals surface area contributed by atoms with Crippen molar-refractivity contribution in [1.29, 1.82) is 0 Å². The van der Waals surface area contributed by atoms with Crippen LogP contribution in [0.4, 0.5) is 0 Å². The average Bonchev–Trinajstić information content (AvgIpc) is 2.54. The lowest BCUT2D eigenvalue weighted by molar-refractivity contribution is 0.345. The molecule has 0 saturated heterocycles. The minimum Gasteiger partial charge on any atom is -0.484 e. The summed E-state index contributed by atoms with van der Waals surface area (Å²) >= 11 is 1.85. The standard InChI is InChI=1S/C13H18OS/c1-5-14-12-8-6-9-11(13(9,3)4)10(8)7(2)15-12/h9,11H,5-6H2,1-4H3. The summed E-state index contributed by atoms with van der Waals surface area (Å²) < 4.78 is 5.73. The molecule has 1 aromatic heterocycles. The van der Waals surface area contributed by atoms with Gasteiger partial charge in [-0.05, 0) is 43.1 Å². The molecule has 1 aromatic rings. The highest BCUT2D eigenvalue weighted by molar-refractivity contribution is 7.14. The molecule has 3 rings (SSSR count). The summed E-state index contributed by atoms with van der Waals surface area (Å²) in [4.78, 5) is 1.49. The lowest BCUT2D eigenvalue weighted by Crippen LogP contribution is -2.00. The molecule has 1 heterocycles. The van der Waals surface area contributed by atoms with Crippen LogP contribution >= 0.6 is 11.3 Å². The molecule has 82 valence electrons. The minimum absolute atomic E-state index is 0.558.